The van der Waals surface area contributed by atoms with E-state index < -0.39 is 0 Å². The molecule has 1 rings (SSSR count). The molecule has 1 aromatic rings. The van der Waals surface area contributed by atoms with Gasteiger partial charge >= 0.3 is 0 Å². The van der Waals surface area contributed by atoms with Crippen LogP contribution in [0.4, 0.5) is 0 Å². The van der Waals surface area contributed by atoms with E-state index in [2.05, 4.69) is 10.5 Å². The van der Waals surface area contributed by atoms with E-state index in [0.717, 1.165) is 0 Å². The van der Waals surface area contributed by atoms with Crippen molar-refractivity contribution in [3.05, 3.63) is 28.2 Å². The summed E-state index contributed by atoms with van der Waals surface area (Å²) in [6.45, 7) is 4.38. The van der Waals surface area contributed by atoms with Crippen molar-refractivity contribution in [2.24, 2.45) is 11.0 Å². The van der Waals surface area contributed by atoms with E-state index in [9.17, 15) is 4.79 Å². The summed E-state index contributed by atoms with van der Waals surface area (Å²) in [6, 6.07) is 5.03. The monoisotopic (exact) mass is 316 g/mol. The zero-order chi connectivity index (χ0) is 15.0. The summed E-state index contributed by atoms with van der Waals surface area (Å²) in [5, 5.41) is 4.85. The van der Waals surface area contributed by atoms with Gasteiger partial charge in [-0.05, 0) is 30.5 Å². The quantitative estimate of drug-likeness (QED) is 0.471. The summed E-state index contributed by atoms with van der Waals surface area (Å²) >= 11 is 11.7. The fourth-order valence-electron chi connectivity index (χ4n) is 1.32. The zero-order valence-corrected chi connectivity index (χ0v) is 13.0. The lowest BCUT2D eigenvalue weighted by Gasteiger charge is -2.07. The minimum absolute atomic E-state index is 0.132. The van der Waals surface area contributed by atoms with Crippen molar-refractivity contribution in [3.63, 3.8) is 0 Å². The van der Waals surface area contributed by atoms with E-state index in [-0.39, 0.29) is 5.91 Å². The van der Waals surface area contributed by atoms with Crippen LogP contribution in [-0.4, -0.2) is 18.7 Å². The predicted molar refractivity (Wildman–Crippen MR) is 82.7 cm³/mol. The maximum absolute atomic E-state index is 11.4. The molecule has 4 nitrogen and oxygen atoms in total. The second-order valence-corrected chi connectivity index (χ2v) is 5.43. The molecule has 1 aromatic carbocycles. The lowest BCUT2D eigenvalue weighted by Crippen LogP contribution is -2.18. The molecule has 1 N–H and O–H groups in total. The Morgan fingerprint density at radius 1 is 1.45 bits per heavy atom. The van der Waals surface area contributed by atoms with Crippen LogP contribution in [0.1, 0.15) is 26.7 Å². The zero-order valence-electron chi connectivity index (χ0n) is 11.5. The van der Waals surface area contributed by atoms with E-state index in [1.54, 1.807) is 24.4 Å². The van der Waals surface area contributed by atoms with Gasteiger partial charge in [-0.15, -0.1) is 0 Å². The van der Waals surface area contributed by atoms with Crippen LogP contribution in [0.15, 0.2) is 23.3 Å². The third-order valence-corrected chi connectivity index (χ3v) is 2.79. The normalized spacial score (nSPS) is 11.1. The lowest BCUT2D eigenvalue weighted by atomic mass is 10.3. The van der Waals surface area contributed by atoms with Crippen molar-refractivity contribution in [1.82, 2.24) is 5.43 Å². The molecule has 0 heterocycles. The highest BCUT2D eigenvalue weighted by Gasteiger charge is 2.03. The van der Waals surface area contributed by atoms with Crippen molar-refractivity contribution in [2.75, 3.05) is 6.61 Å². The molecule has 0 aliphatic carbocycles. The van der Waals surface area contributed by atoms with Crippen LogP contribution < -0.4 is 10.2 Å². The smallest absolute Gasteiger partial charge is 0.240 e. The van der Waals surface area contributed by atoms with Crippen LogP contribution >= 0.6 is 23.2 Å². The van der Waals surface area contributed by atoms with Gasteiger partial charge in [-0.25, -0.2) is 5.43 Å². The van der Waals surface area contributed by atoms with Crippen LogP contribution in [0.5, 0.6) is 5.75 Å². The van der Waals surface area contributed by atoms with E-state index in [4.69, 9.17) is 27.9 Å². The Labute approximate surface area is 129 Å². The number of ether oxygens (including phenoxy) is 1. The number of hydrogen-bond donors (Lipinski definition) is 1. The molecule has 0 bridgehead atoms. The van der Waals surface area contributed by atoms with Crippen LogP contribution in [-0.2, 0) is 4.79 Å². The maximum Gasteiger partial charge on any atom is 0.240 e. The Hall–Kier alpha value is -1.26. The average molecular weight is 317 g/mol. The van der Waals surface area contributed by atoms with Gasteiger partial charge in [-0.1, -0.05) is 37.0 Å². The highest BCUT2D eigenvalue weighted by atomic mass is 35.5. The van der Waals surface area contributed by atoms with Gasteiger partial charge in [0.25, 0.3) is 0 Å². The first-order valence-corrected chi connectivity index (χ1v) is 7.14. The molecule has 0 unspecified atom stereocenters. The Bertz CT molecular complexity index is 476. The largest absolute Gasteiger partial charge is 0.492 e. The summed E-state index contributed by atoms with van der Waals surface area (Å²) in [5.74, 6) is 0.743. The summed E-state index contributed by atoms with van der Waals surface area (Å²) in [7, 11) is 0. The van der Waals surface area contributed by atoms with Crippen molar-refractivity contribution < 1.29 is 9.53 Å². The molecule has 0 saturated carbocycles. The highest BCUT2D eigenvalue weighted by molar-refractivity contribution is 6.35. The topological polar surface area (TPSA) is 50.7 Å². The second kappa shape index (κ2) is 8.82. The molecule has 1 amide bonds. The third-order valence-electron chi connectivity index (χ3n) is 2.26. The minimum Gasteiger partial charge on any atom is -0.492 e. The van der Waals surface area contributed by atoms with Crippen LogP contribution in [0.3, 0.4) is 0 Å². The fraction of sp³-hybridized carbons (Fsp3) is 0.429. The first kappa shape index (κ1) is 16.8. The Morgan fingerprint density at radius 3 is 2.85 bits per heavy atom. The van der Waals surface area contributed by atoms with Gasteiger partial charge in [0.05, 0.1) is 11.6 Å². The molecule has 6 heteroatoms. The predicted octanol–water partition coefficient (Wildman–Crippen LogP) is 3.91. The number of hydrazone groups is 1. The Kier molecular flexibility index (Phi) is 7.41. The number of amides is 1. The first-order chi connectivity index (χ1) is 9.49. The van der Waals surface area contributed by atoms with Gasteiger partial charge in [0.2, 0.25) is 5.91 Å². The summed E-state index contributed by atoms with van der Waals surface area (Å²) in [4.78, 5) is 11.4. The van der Waals surface area contributed by atoms with Crippen molar-refractivity contribution >= 4 is 35.3 Å². The number of hydrogen-bond acceptors (Lipinski definition) is 3. The maximum atomic E-state index is 11.4. The molecular formula is C14H18Cl2N2O2. The third kappa shape index (κ3) is 6.78. The second-order valence-electron chi connectivity index (χ2n) is 4.58. The first-order valence-electron chi connectivity index (χ1n) is 6.39. The number of carbonyl (C=O) groups excluding carboxylic acids is 1. The van der Waals surface area contributed by atoms with E-state index in [0.29, 0.717) is 41.2 Å². The lowest BCUT2D eigenvalue weighted by molar-refractivity contribution is -0.121. The molecule has 20 heavy (non-hydrogen) atoms. The molecule has 0 saturated heterocycles. The van der Waals surface area contributed by atoms with Crippen molar-refractivity contribution in [3.8, 4) is 5.75 Å². The summed E-state index contributed by atoms with van der Waals surface area (Å²) < 4.78 is 5.48. The molecule has 0 radical (unpaired) electrons. The van der Waals surface area contributed by atoms with Gasteiger partial charge in [0.1, 0.15) is 5.75 Å². The van der Waals surface area contributed by atoms with E-state index in [1.165, 1.54) is 0 Å². The van der Waals surface area contributed by atoms with Crippen molar-refractivity contribution in [2.45, 2.75) is 26.7 Å². The van der Waals surface area contributed by atoms with Gasteiger partial charge in [-0.3, -0.25) is 4.79 Å². The van der Waals surface area contributed by atoms with E-state index >= 15 is 0 Å². The average Bonchev–Trinajstić information content (AvgIpc) is 2.36. The fourth-order valence-corrected chi connectivity index (χ4v) is 1.78. The van der Waals surface area contributed by atoms with E-state index in [1.807, 2.05) is 13.8 Å². The standard InChI is InChI=1S/C14H18Cl2N2O2/c1-10(2)9-17-18-14(19)4-3-7-20-13-6-5-11(15)8-12(13)16/h5-6,8-10H,3-4,7H2,1-2H3,(H,18,19). The number of rotatable bonds is 7. The number of carbonyl (C=O) groups is 1. The van der Waals surface area contributed by atoms with Gasteiger partial charge < -0.3 is 4.74 Å². The number of benzene rings is 1. The van der Waals surface area contributed by atoms with Gasteiger partial charge in [0, 0.05) is 17.7 Å². The summed E-state index contributed by atoms with van der Waals surface area (Å²) in [5.41, 5.74) is 2.46. The molecule has 0 aliphatic rings. The van der Waals surface area contributed by atoms with Crippen LogP contribution in [0, 0.1) is 5.92 Å². The van der Waals surface area contributed by atoms with Gasteiger partial charge in [-0.2, -0.15) is 5.10 Å². The SMILES string of the molecule is CC(C)C=NNC(=O)CCCOc1ccc(Cl)cc1Cl. The van der Waals surface area contributed by atoms with Gasteiger partial charge in [0.15, 0.2) is 0 Å². The molecule has 0 atom stereocenters. The van der Waals surface area contributed by atoms with Crippen LogP contribution in [0.2, 0.25) is 10.0 Å². The van der Waals surface area contributed by atoms with Crippen molar-refractivity contribution in [1.29, 1.82) is 0 Å². The molecule has 110 valence electrons. The van der Waals surface area contributed by atoms with Crippen LogP contribution in [0.25, 0.3) is 0 Å². The molecule has 0 aliphatic heterocycles. The Balaban J connectivity index is 2.23. The number of nitrogens with zero attached hydrogens (tertiary/aromatic N) is 1. The minimum atomic E-state index is -0.132. The molecule has 0 fully saturated rings. The molecule has 0 spiro atoms. The number of halogens is 2. The molecule has 0 aromatic heterocycles. The highest BCUT2D eigenvalue weighted by Crippen LogP contribution is 2.27. The molecular weight excluding hydrogens is 299 g/mol. The number of nitrogens with one attached hydrogen (secondary N) is 1. The summed E-state index contributed by atoms with van der Waals surface area (Å²) in [6.07, 6.45) is 2.62. The Morgan fingerprint density at radius 2 is 2.20 bits per heavy atom.